The largest absolute Gasteiger partial charge is 0.278 e. The molecule has 0 saturated heterocycles. The fourth-order valence-corrected chi connectivity index (χ4v) is 2.46. The van der Waals surface area contributed by atoms with Crippen LogP contribution in [0.3, 0.4) is 0 Å². The number of nitrogens with one attached hydrogen (secondary N) is 1. The number of H-pyrrole nitrogens is 1. The third kappa shape index (κ3) is 2.98. The van der Waals surface area contributed by atoms with Gasteiger partial charge in [-0.1, -0.05) is 31.4 Å². The van der Waals surface area contributed by atoms with Crippen LogP contribution in [-0.4, -0.2) is 10.2 Å². The van der Waals surface area contributed by atoms with E-state index in [0.29, 0.717) is 0 Å². The molecule has 1 N–H and O–H groups in total. The smallest absolute Gasteiger partial charge is 0.123 e. The topological polar surface area (TPSA) is 28.7 Å². The van der Waals surface area contributed by atoms with Gasteiger partial charge in [-0.15, -0.1) is 0 Å². The summed E-state index contributed by atoms with van der Waals surface area (Å²) in [5.41, 5.74) is 4.92. The van der Waals surface area contributed by atoms with E-state index in [0.717, 1.165) is 46.0 Å². The lowest BCUT2D eigenvalue weighted by Gasteiger charge is -2.09. The van der Waals surface area contributed by atoms with Crippen LogP contribution in [0, 0.1) is 5.82 Å². The maximum atomic E-state index is 13.2. The Morgan fingerprint density at radius 3 is 2.45 bits per heavy atom. The molecule has 0 aliphatic carbocycles. The van der Waals surface area contributed by atoms with Crippen LogP contribution in [0.15, 0.2) is 61.8 Å². The molecule has 110 valence electrons. The number of aromatic amines is 1. The lowest BCUT2D eigenvalue weighted by molar-refractivity contribution is 0.627. The monoisotopic (exact) mass is 292 g/mol. The highest BCUT2D eigenvalue weighted by atomic mass is 19.1. The van der Waals surface area contributed by atoms with Crippen molar-refractivity contribution in [3.63, 3.8) is 0 Å². The van der Waals surface area contributed by atoms with Gasteiger partial charge in [-0.2, -0.15) is 5.10 Å². The van der Waals surface area contributed by atoms with Crippen molar-refractivity contribution < 1.29 is 4.39 Å². The van der Waals surface area contributed by atoms with Crippen LogP contribution in [0.25, 0.3) is 22.0 Å². The standard InChI is InChI=1S/C19H17FN2/c1-13(15-4-3-5-18(20)11-15)6-7-14(2)16-8-9-19-17(10-16)12-21-22-19/h3-5,8-12H,1-2,6-7H2,(H,21,22). The second kappa shape index (κ2) is 5.98. The van der Waals surface area contributed by atoms with Gasteiger partial charge in [0.05, 0.1) is 11.7 Å². The Bertz CT molecular complexity index is 845. The van der Waals surface area contributed by atoms with Crippen molar-refractivity contribution in [1.82, 2.24) is 10.2 Å². The zero-order chi connectivity index (χ0) is 15.5. The molecule has 3 heteroatoms. The van der Waals surface area contributed by atoms with Crippen LogP contribution < -0.4 is 0 Å². The number of benzene rings is 2. The number of halogens is 1. The highest BCUT2D eigenvalue weighted by Crippen LogP contribution is 2.26. The van der Waals surface area contributed by atoms with Gasteiger partial charge in [-0.05, 0) is 59.4 Å². The van der Waals surface area contributed by atoms with Gasteiger partial charge < -0.3 is 0 Å². The predicted molar refractivity (Wildman–Crippen MR) is 89.8 cm³/mol. The average molecular weight is 292 g/mol. The normalized spacial score (nSPS) is 10.8. The van der Waals surface area contributed by atoms with Crippen LogP contribution in [0.2, 0.25) is 0 Å². The van der Waals surface area contributed by atoms with Gasteiger partial charge in [0.15, 0.2) is 0 Å². The van der Waals surface area contributed by atoms with Crippen molar-refractivity contribution in [2.45, 2.75) is 12.8 Å². The molecule has 0 atom stereocenters. The molecule has 0 aliphatic rings. The first-order chi connectivity index (χ1) is 10.6. The Morgan fingerprint density at radius 1 is 1.00 bits per heavy atom. The van der Waals surface area contributed by atoms with Crippen molar-refractivity contribution >= 4 is 22.0 Å². The van der Waals surface area contributed by atoms with Gasteiger partial charge in [0, 0.05) is 5.39 Å². The first-order valence-corrected chi connectivity index (χ1v) is 7.18. The molecule has 0 saturated carbocycles. The summed E-state index contributed by atoms with van der Waals surface area (Å²) in [5, 5.41) is 8.02. The van der Waals surface area contributed by atoms with Gasteiger partial charge in [0.2, 0.25) is 0 Å². The Morgan fingerprint density at radius 2 is 1.73 bits per heavy atom. The van der Waals surface area contributed by atoms with Gasteiger partial charge in [0.1, 0.15) is 5.82 Å². The van der Waals surface area contributed by atoms with Crippen molar-refractivity contribution in [2.75, 3.05) is 0 Å². The summed E-state index contributed by atoms with van der Waals surface area (Å²) < 4.78 is 13.2. The Balaban J connectivity index is 1.67. The Kier molecular flexibility index (Phi) is 3.88. The number of fused-ring (bicyclic) bond motifs is 1. The molecule has 0 fully saturated rings. The number of nitrogens with zero attached hydrogens (tertiary/aromatic N) is 1. The quantitative estimate of drug-likeness (QED) is 0.687. The lowest BCUT2D eigenvalue weighted by atomic mass is 9.96. The van der Waals surface area contributed by atoms with E-state index in [4.69, 9.17) is 0 Å². The van der Waals surface area contributed by atoms with E-state index in [1.807, 2.05) is 18.2 Å². The van der Waals surface area contributed by atoms with Crippen molar-refractivity contribution in [3.8, 4) is 0 Å². The van der Waals surface area contributed by atoms with Crippen molar-refractivity contribution in [3.05, 3.63) is 78.8 Å². The molecule has 3 aromatic rings. The Hall–Kier alpha value is -2.68. The first kappa shape index (κ1) is 14.3. The number of allylic oxidation sites excluding steroid dienone is 2. The summed E-state index contributed by atoms with van der Waals surface area (Å²) >= 11 is 0. The molecule has 2 nitrogen and oxygen atoms in total. The maximum Gasteiger partial charge on any atom is 0.123 e. The molecule has 0 radical (unpaired) electrons. The highest BCUT2D eigenvalue weighted by molar-refractivity contribution is 5.82. The summed E-state index contributed by atoms with van der Waals surface area (Å²) in [6.07, 6.45) is 3.35. The van der Waals surface area contributed by atoms with E-state index < -0.39 is 0 Å². The van der Waals surface area contributed by atoms with Crippen LogP contribution in [0.1, 0.15) is 24.0 Å². The minimum Gasteiger partial charge on any atom is -0.278 e. The number of aromatic nitrogens is 2. The van der Waals surface area contributed by atoms with E-state index in [2.05, 4.69) is 29.4 Å². The predicted octanol–water partition coefficient (Wildman–Crippen LogP) is 5.21. The minimum absolute atomic E-state index is 0.233. The zero-order valence-corrected chi connectivity index (χ0v) is 12.3. The van der Waals surface area contributed by atoms with Crippen molar-refractivity contribution in [2.24, 2.45) is 0 Å². The van der Waals surface area contributed by atoms with Gasteiger partial charge in [-0.3, -0.25) is 5.10 Å². The van der Waals surface area contributed by atoms with E-state index in [1.54, 1.807) is 12.3 Å². The van der Waals surface area contributed by atoms with Gasteiger partial charge in [0.25, 0.3) is 0 Å². The summed E-state index contributed by atoms with van der Waals surface area (Å²) in [5.74, 6) is -0.233. The van der Waals surface area contributed by atoms with Gasteiger partial charge >= 0.3 is 0 Å². The minimum atomic E-state index is -0.233. The van der Waals surface area contributed by atoms with Crippen LogP contribution in [-0.2, 0) is 0 Å². The van der Waals surface area contributed by atoms with Crippen molar-refractivity contribution in [1.29, 1.82) is 0 Å². The molecule has 0 bridgehead atoms. The summed E-state index contributed by atoms with van der Waals surface area (Å²) in [6, 6.07) is 12.7. The van der Waals surface area contributed by atoms with Crippen LogP contribution in [0.5, 0.6) is 0 Å². The summed E-state index contributed by atoms with van der Waals surface area (Å²) in [4.78, 5) is 0. The Labute approximate surface area is 129 Å². The van der Waals surface area contributed by atoms with E-state index >= 15 is 0 Å². The number of rotatable bonds is 5. The highest BCUT2D eigenvalue weighted by Gasteiger charge is 2.05. The fraction of sp³-hybridized carbons (Fsp3) is 0.105. The molecular weight excluding hydrogens is 275 g/mol. The van der Waals surface area contributed by atoms with E-state index in [1.165, 1.54) is 12.1 Å². The molecule has 2 aromatic carbocycles. The molecule has 0 unspecified atom stereocenters. The molecule has 0 spiro atoms. The molecule has 22 heavy (non-hydrogen) atoms. The number of hydrogen-bond donors (Lipinski definition) is 1. The molecular formula is C19H17FN2. The third-order valence-electron chi connectivity index (χ3n) is 3.81. The van der Waals surface area contributed by atoms with E-state index in [-0.39, 0.29) is 5.82 Å². The molecule has 3 rings (SSSR count). The number of hydrogen-bond acceptors (Lipinski definition) is 1. The molecule has 0 amide bonds. The molecule has 1 heterocycles. The van der Waals surface area contributed by atoms with Crippen LogP contribution >= 0.6 is 0 Å². The van der Waals surface area contributed by atoms with E-state index in [9.17, 15) is 4.39 Å². The zero-order valence-electron chi connectivity index (χ0n) is 12.3. The SMILES string of the molecule is C=C(CCC(=C)c1ccc2[nH]ncc2c1)c1cccc(F)c1. The van der Waals surface area contributed by atoms with Gasteiger partial charge in [-0.25, -0.2) is 4.39 Å². The average Bonchev–Trinajstić information content (AvgIpc) is 2.99. The van der Waals surface area contributed by atoms with Crippen LogP contribution in [0.4, 0.5) is 4.39 Å². The molecule has 1 aromatic heterocycles. The first-order valence-electron chi connectivity index (χ1n) is 7.18. The lowest BCUT2D eigenvalue weighted by Crippen LogP contribution is -1.88. The third-order valence-corrected chi connectivity index (χ3v) is 3.81. The molecule has 0 aliphatic heterocycles. The second-order valence-corrected chi connectivity index (χ2v) is 5.39. The fourth-order valence-electron chi connectivity index (χ4n) is 2.46. The summed E-state index contributed by atoms with van der Waals surface area (Å²) in [7, 11) is 0. The maximum absolute atomic E-state index is 13.2. The second-order valence-electron chi connectivity index (χ2n) is 5.39. The summed E-state index contributed by atoms with van der Waals surface area (Å²) in [6.45, 7) is 8.20.